The number of carboxylic acid groups (broad SMARTS) is 2. The van der Waals surface area contributed by atoms with Gasteiger partial charge in [-0.15, -0.1) is 0 Å². The van der Waals surface area contributed by atoms with E-state index in [2.05, 4.69) is 18.2 Å². The van der Waals surface area contributed by atoms with Crippen LogP contribution < -0.4 is 14.2 Å². The van der Waals surface area contributed by atoms with Crippen molar-refractivity contribution in [2.75, 3.05) is 19.8 Å². The van der Waals surface area contributed by atoms with Gasteiger partial charge in [0.1, 0.15) is 11.5 Å². The first-order valence-electron chi connectivity index (χ1n) is 14.6. The fourth-order valence-electron chi connectivity index (χ4n) is 4.57. The maximum atomic E-state index is 11.2. The van der Waals surface area contributed by atoms with Gasteiger partial charge < -0.3 is 24.4 Å². The van der Waals surface area contributed by atoms with Crippen LogP contribution in [0.3, 0.4) is 0 Å². The van der Waals surface area contributed by atoms with E-state index in [1.165, 1.54) is 0 Å². The minimum absolute atomic E-state index is 0.00702. The molecule has 43 heavy (non-hydrogen) atoms. The Morgan fingerprint density at radius 2 is 1.16 bits per heavy atom. The van der Waals surface area contributed by atoms with E-state index in [0.717, 1.165) is 41.6 Å². The topological polar surface area (TPSA) is 115 Å². The molecule has 8 nitrogen and oxygen atoms in total. The van der Waals surface area contributed by atoms with Gasteiger partial charge in [-0.25, -0.2) is 4.98 Å². The number of hydrogen-bond donors (Lipinski definition) is 2. The van der Waals surface area contributed by atoms with Crippen molar-refractivity contribution in [3.63, 3.8) is 0 Å². The van der Waals surface area contributed by atoms with Crippen LogP contribution in [0.25, 0.3) is 22.4 Å². The summed E-state index contributed by atoms with van der Waals surface area (Å²) in [6, 6.07) is 29.6. The summed E-state index contributed by atoms with van der Waals surface area (Å²) in [6.45, 7) is 1.21. The molecule has 0 saturated carbocycles. The van der Waals surface area contributed by atoms with Crippen LogP contribution >= 0.6 is 0 Å². The predicted molar refractivity (Wildman–Crippen MR) is 165 cm³/mol. The van der Waals surface area contributed by atoms with Gasteiger partial charge in [-0.05, 0) is 61.4 Å². The lowest BCUT2D eigenvalue weighted by Crippen LogP contribution is -2.08. The number of hydrogen-bond acceptors (Lipinski definition) is 6. The second-order valence-corrected chi connectivity index (χ2v) is 10.0. The van der Waals surface area contributed by atoms with Crippen molar-refractivity contribution in [1.29, 1.82) is 0 Å². The molecule has 0 aliphatic carbocycles. The van der Waals surface area contributed by atoms with Crippen LogP contribution in [0.2, 0.25) is 0 Å². The van der Waals surface area contributed by atoms with Crippen molar-refractivity contribution in [3.8, 4) is 39.8 Å². The van der Waals surface area contributed by atoms with E-state index in [1.54, 1.807) is 18.2 Å². The minimum atomic E-state index is -0.911. The van der Waals surface area contributed by atoms with Crippen molar-refractivity contribution in [3.05, 3.63) is 96.6 Å². The monoisotopic (exact) mass is 583 g/mol. The van der Waals surface area contributed by atoms with E-state index in [0.29, 0.717) is 42.6 Å². The van der Waals surface area contributed by atoms with Gasteiger partial charge in [0.25, 0.3) is 0 Å². The highest BCUT2D eigenvalue weighted by atomic mass is 16.5. The highest BCUT2D eigenvalue weighted by Crippen LogP contribution is 2.31. The van der Waals surface area contributed by atoms with E-state index in [1.807, 2.05) is 54.6 Å². The molecule has 224 valence electrons. The van der Waals surface area contributed by atoms with Crippen molar-refractivity contribution >= 4 is 11.9 Å². The molecule has 1 aromatic heterocycles. The Labute approximate surface area is 251 Å². The SMILES string of the molecule is O=C(O)CCCOc1cccc(OCCCCCOc2cc(-c3ccccc3)cc(-c3ccccc3)n2)c1CCC(=O)O. The molecule has 1 heterocycles. The Balaban J connectivity index is 1.29. The van der Waals surface area contributed by atoms with Gasteiger partial charge in [0, 0.05) is 30.0 Å². The van der Waals surface area contributed by atoms with Gasteiger partial charge in [-0.3, -0.25) is 9.59 Å². The van der Waals surface area contributed by atoms with E-state index in [9.17, 15) is 14.7 Å². The van der Waals surface area contributed by atoms with Gasteiger partial charge in [-0.2, -0.15) is 0 Å². The molecule has 0 aliphatic heterocycles. The number of carboxylic acids is 2. The maximum Gasteiger partial charge on any atom is 0.303 e. The zero-order valence-electron chi connectivity index (χ0n) is 24.1. The van der Waals surface area contributed by atoms with Gasteiger partial charge in [0.2, 0.25) is 5.88 Å². The minimum Gasteiger partial charge on any atom is -0.493 e. The number of ether oxygens (including phenoxy) is 3. The fraction of sp³-hybridized carbons (Fsp3) is 0.286. The molecule has 0 spiro atoms. The molecule has 0 radical (unpaired) electrons. The lowest BCUT2D eigenvalue weighted by Gasteiger charge is -2.16. The number of unbranched alkanes of at least 4 members (excludes halogenated alkanes) is 2. The van der Waals surface area contributed by atoms with Crippen LogP contribution in [0.15, 0.2) is 91.0 Å². The molecule has 4 aromatic rings. The molecule has 0 aliphatic rings. The number of aromatic nitrogens is 1. The Hall–Kier alpha value is -4.85. The third-order valence-electron chi connectivity index (χ3n) is 6.75. The van der Waals surface area contributed by atoms with Crippen molar-refractivity contribution in [2.24, 2.45) is 0 Å². The summed E-state index contributed by atoms with van der Waals surface area (Å²) in [6.07, 6.45) is 3.05. The first-order chi connectivity index (χ1) is 21.0. The second-order valence-electron chi connectivity index (χ2n) is 10.0. The molecule has 0 fully saturated rings. The van der Waals surface area contributed by atoms with Crippen LogP contribution in [0.5, 0.6) is 17.4 Å². The largest absolute Gasteiger partial charge is 0.493 e. The fourth-order valence-corrected chi connectivity index (χ4v) is 4.57. The van der Waals surface area contributed by atoms with Crippen LogP contribution in [-0.2, 0) is 16.0 Å². The Morgan fingerprint density at radius 1 is 0.581 bits per heavy atom. The van der Waals surface area contributed by atoms with Crippen LogP contribution in [0, 0.1) is 0 Å². The van der Waals surface area contributed by atoms with Crippen molar-refractivity contribution in [2.45, 2.75) is 44.9 Å². The zero-order chi connectivity index (χ0) is 30.3. The summed E-state index contributed by atoms with van der Waals surface area (Å²) in [5, 5.41) is 18.0. The third kappa shape index (κ3) is 10.2. The molecule has 0 saturated heterocycles. The number of carbonyl (C=O) groups is 2. The molecule has 2 N–H and O–H groups in total. The van der Waals surface area contributed by atoms with E-state index >= 15 is 0 Å². The Bertz CT molecular complexity index is 1400. The molecule has 0 amide bonds. The van der Waals surface area contributed by atoms with Gasteiger partial charge >= 0.3 is 11.9 Å². The summed E-state index contributed by atoms with van der Waals surface area (Å²) in [4.78, 5) is 26.7. The molecule has 0 unspecified atom stereocenters. The van der Waals surface area contributed by atoms with E-state index in [-0.39, 0.29) is 25.9 Å². The van der Waals surface area contributed by atoms with Gasteiger partial charge in [-0.1, -0.05) is 66.7 Å². The normalized spacial score (nSPS) is 10.7. The molecule has 4 rings (SSSR count). The van der Waals surface area contributed by atoms with Crippen LogP contribution in [-0.4, -0.2) is 47.0 Å². The first-order valence-corrected chi connectivity index (χ1v) is 14.6. The molecule has 0 bridgehead atoms. The Kier molecular flexibility index (Phi) is 12.0. The number of pyridine rings is 1. The number of rotatable bonds is 18. The molecule has 8 heteroatoms. The van der Waals surface area contributed by atoms with E-state index in [4.69, 9.17) is 24.3 Å². The maximum absolute atomic E-state index is 11.2. The van der Waals surface area contributed by atoms with E-state index < -0.39 is 11.9 Å². The molecule has 0 atom stereocenters. The van der Waals surface area contributed by atoms with Crippen molar-refractivity contribution in [1.82, 2.24) is 4.98 Å². The average Bonchev–Trinajstić information content (AvgIpc) is 3.02. The summed E-state index contributed by atoms with van der Waals surface area (Å²) < 4.78 is 17.9. The highest BCUT2D eigenvalue weighted by Gasteiger charge is 2.14. The molecular weight excluding hydrogens is 546 g/mol. The highest BCUT2D eigenvalue weighted by molar-refractivity contribution is 5.71. The lowest BCUT2D eigenvalue weighted by atomic mass is 10.0. The van der Waals surface area contributed by atoms with Crippen LogP contribution in [0.4, 0.5) is 0 Å². The lowest BCUT2D eigenvalue weighted by molar-refractivity contribution is -0.138. The molecule has 3 aromatic carbocycles. The summed E-state index contributed by atoms with van der Waals surface area (Å²) in [5.41, 5.74) is 4.71. The number of benzene rings is 3. The van der Waals surface area contributed by atoms with Gasteiger partial charge in [0.05, 0.1) is 25.5 Å². The summed E-state index contributed by atoms with van der Waals surface area (Å²) >= 11 is 0. The van der Waals surface area contributed by atoms with Crippen LogP contribution in [0.1, 0.15) is 44.1 Å². The zero-order valence-corrected chi connectivity index (χ0v) is 24.1. The smallest absolute Gasteiger partial charge is 0.303 e. The first kappa shape index (κ1) is 31.1. The predicted octanol–water partition coefficient (Wildman–Crippen LogP) is 7.30. The Morgan fingerprint density at radius 3 is 1.79 bits per heavy atom. The average molecular weight is 584 g/mol. The third-order valence-corrected chi connectivity index (χ3v) is 6.75. The quantitative estimate of drug-likeness (QED) is 0.117. The van der Waals surface area contributed by atoms with Crippen molar-refractivity contribution < 1.29 is 34.0 Å². The summed E-state index contributed by atoms with van der Waals surface area (Å²) in [5.74, 6) is -0.0988. The molecular formula is C35H37NO7. The number of aliphatic carboxylic acids is 2. The standard InChI is InChI=1S/C35H37NO7/c37-34(38)18-11-23-42-32-17-10-16-31(29(32)19-20-35(39)40)41-21-8-3-9-22-43-33-25-28(26-12-4-1-5-13-26)24-30(36-33)27-14-6-2-7-15-27/h1-2,4-7,10,12-17,24-25H,3,8-9,11,18-23H2,(H,37,38)(H,39,40). The second kappa shape index (κ2) is 16.6. The number of nitrogens with zero attached hydrogens (tertiary/aromatic N) is 1. The van der Waals surface area contributed by atoms with Gasteiger partial charge in [0.15, 0.2) is 0 Å². The summed E-state index contributed by atoms with van der Waals surface area (Å²) in [7, 11) is 0.